The van der Waals surface area contributed by atoms with Gasteiger partial charge in [-0.2, -0.15) is 0 Å². The lowest BCUT2D eigenvalue weighted by Crippen LogP contribution is -2.16. The third-order valence-corrected chi connectivity index (χ3v) is 3.17. The smallest absolute Gasteiger partial charge is 0.224 e. The summed E-state index contributed by atoms with van der Waals surface area (Å²) < 4.78 is 0. The molecule has 0 spiro atoms. The summed E-state index contributed by atoms with van der Waals surface area (Å²) >= 11 is 0. The molecule has 0 saturated heterocycles. The molecule has 1 aromatic rings. The highest BCUT2D eigenvalue weighted by Crippen LogP contribution is 2.23. The summed E-state index contributed by atoms with van der Waals surface area (Å²) in [4.78, 5) is 11.8. The minimum absolute atomic E-state index is 0.0364. The van der Waals surface area contributed by atoms with Crippen molar-refractivity contribution >= 4 is 17.3 Å². The number of aryl methyl sites for hydroxylation is 2. The minimum atomic E-state index is 0.0364. The van der Waals surface area contributed by atoms with Crippen molar-refractivity contribution in [3.8, 4) is 0 Å². The second-order valence-corrected chi connectivity index (χ2v) is 4.79. The van der Waals surface area contributed by atoms with Crippen LogP contribution in [0.4, 0.5) is 11.4 Å². The molecule has 1 atom stereocenters. The van der Waals surface area contributed by atoms with Crippen LogP contribution >= 0.6 is 0 Å². The highest BCUT2D eigenvalue weighted by molar-refractivity contribution is 5.94. The summed E-state index contributed by atoms with van der Waals surface area (Å²) in [5, 5.41) is 2.88. The van der Waals surface area contributed by atoms with E-state index in [1.54, 1.807) is 0 Å². The van der Waals surface area contributed by atoms with Crippen LogP contribution in [-0.2, 0) is 4.79 Å². The number of anilines is 2. The summed E-state index contributed by atoms with van der Waals surface area (Å²) in [7, 11) is 0. The standard InChI is InChI=1S/C14H22N2O/c1-5-9(2)6-14(17)16-13-8-11(4)10(3)7-12(13)15/h7-9H,5-6,15H2,1-4H3,(H,16,17). The third kappa shape index (κ3) is 3.77. The van der Waals surface area contributed by atoms with Gasteiger partial charge in [-0.3, -0.25) is 4.79 Å². The zero-order valence-electron chi connectivity index (χ0n) is 11.1. The lowest BCUT2D eigenvalue weighted by atomic mass is 10.0. The molecular weight excluding hydrogens is 212 g/mol. The molecule has 0 aromatic heterocycles. The number of carbonyl (C=O) groups is 1. The Morgan fingerprint density at radius 2 is 1.94 bits per heavy atom. The first-order chi connectivity index (χ1) is 7.93. The topological polar surface area (TPSA) is 55.1 Å². The van der Waals surface area contributed by atoms with Crippen molar-refractivity contribution in [1.29, 1.82) is 0 Å². The maximum Gasteiger partial charge on any atom is 0.224 e. The van der Waals surface area contributed by atoms with Crippen LogP contribution in [0.2, 0.25) is 0 Å². The number of nitrogens with two attached hydrogens (primary N) is 1. The van der Waals surface area contributed by atoms with Gasteiger partial charge in [0.05, 0.1) is 11.4 Å². The number of carbonyl (C=O) groups excluding carboxylic acids is 1. The van der Waals surface area contributed by atoms with E-state index in [1.165, 1.54) is 0 Å². The Morgan fingerprint density at radius 3 is 2.53 bits per heavy atom. The second kappa shape index (κ2) is 5.71. The monoisotopic (exact) mass is 234 g/mol. The van der Waals surface area contributed by atoms with Crippen LogP contribution in [0.1, 0.15) is 37.8 Å². The maximum absolute atomic E-state index is 11.8. The number of amides is 1. The highest BCUT2D eigenvalue weighted by atomic mass is 16.1. The van der Waals surface area contributed by atoms with E-state index in [9.17, 15) is 4.79 Å². The molecular formula is C14H22N2O. The molecule has 94 valence electrons. The molecule has 3 N–H and O–H groups in total. The molecule has 3 heteroatoms. The van der Waals surface area contributed by atoms with Gasteiger partial charge in [-0.15, -0.1) is 0 Å². The average Bonchev–Trinajstić information content (AvgIpc) is 2.25. The van der Waals surface area contributed by atoms with Crippen molar-refractivity contribution in [1.82, 2.24) is 0 Å². The fourth-order valence-corrected chi connectivity index (χ4v) is 1.61. The zero-order valence-corrected chi connectivity index (χ0v) is 11.1. The maximum atomic E-state index is 11.8. The van der Waals surface area contributed by atoms with E-state index in [-0.39, 0.29) is 5.91 Å². The first-order valence-corrected chi connectivity index (χ1v) is 6.10. The summed E-state index contributed by atoms with van der Waals surface area (Å²) in [5.74, 6) is 0.442. The van der Waals surface area contributed by atoms with E-state index in [0.29, 0.717) is 18.0 Å². The van der Waals surface area contributed by atoms with Crippen LogP contribution in [0.15, 0.2) is 12.1 Å². The Balaban J connectivity index is 2.75. The van der Waals surface area contributed by atoms with Gasteiger partial charge in [0, 0.05) is 6.42 Å². The molecule has 0 heterocycles. The number of nitrogens with one attached hydrogen (secondary N) is 1. The van der Waals surface area contributed by atoms with Gasteiger partial charge in [0.15, 0.2) is 0 Å². The Morgan fingerprint density at radius 1 is 1.35 bits per heavy atom. The van der Waals surface area contributed by atoms with E-state index < -0.39 is 0 Å². The van der Waals surface area contributed by atoms with Crippen LogP contribution in [0.3, 0.4) is 0 Å². The second-order valence-electron chi connectivity index (χ2n) is 4.79. The number of nitrogen functional groups attached to an aromatic ring is 1. The normalized spacial score (nSPS) is 12.2. The highest BCUT2D eigenvalue weighted by Gasteiger charge is 2.10. The van der Waals surface area contributed by atoms with Gasteiger partial charge < -0.3 is 11.1 Å². The van der Waals surface area contributed by atoms with E-state index in [0.717, 1.165) is 23.2 Å². The van der Waals surface area contributed by atoms with E-state index in [2.05, 4.69) is 19.2 Å². The number of hydrogen-bond acceptors (Lipinski definition) is 2. The molecule has 1 aromatic carbocycles. The van der Waals surface area contributed by atoms with E-state index in [1.807, 2.05) is 26.0 Å². The van der Waals surface area contributed by atoms with E-state index in [4.69, 9.17) is 5.73 Å². The Bertz CT molecular complexity index is 413. The number of rotatable bonds is 4. The molecule has 1 amide bonds. The van der Waals surface area contributed by atoms with Gasteiger partial charge in [0.25, 0.3) is 0 Å². The van der Waals surface area contributed by atoms with Gasteiger partial charge in [0.1, 0.15) is 0 Å². The van der Waals surface area contributed by atoms with Gasteiger partial charge in [0.2, 0.25) is 5.91 Å². The number of benzene rings is 1. The van der Waals surface area contributed by atoms with Gasteiger partial charge in [-0.25, -0.2) is 0 Å². The lowest BCUT2D eigenvalue weighted by Gasteiger charge is -2.13. The molecule has 1 rings (SSSR count). The SMILES string of the molecule is CCC(C)CC(=O)Nc1cc(C)c(C)cc1N. The first-order valence-electron chi connectivity index (χ1n) is 6.10. The average molecular weight is 234 g/mol. The van der Waals surface area contributed by atoms with Crippen molar-refractivity contribution in [3.05, 3.63) is 23.3 Å². The predicted octanol–water partition coefficient (Wildman–Crippen LogP) is 3.26. The van der Waals surface area contributed by atoms with Crippen molar-refractivity contribution in [2.24, 2.45) is 5.92 Å². The molecule has 0 saturated carbocycles. The predicted molar refractivity (Wildman–Crippen MR) is 73.0 cm³/mol. The van der Waals surface area contributed by atoms with Crippen LogP contribution in [0.25, 0.3) is 0 Å². The largest absolute Gasteiger partial charge is 0.397 e. The van der Waals surface area contributed by atoms with Crippen LogP contribution in [-0.4, -0.2) is 5.91 Å². The van der Waals surface area contributed by atoms with Gasteiger partial charge in [-0.1, -0.05) is 20.3 Å². The van der Waals surface area contributed by atoms with Crippen LogP contribution < -0.4 is 11.1 Å². The minimum Gasteiger partial charge on any atom is -0.397 e. The molecule has 0 bridgehead atoms. The van der Waals surface area contributed by atoms with Gasteiger partial charge in [-0.05, 0) is 43.0 Å². The quantitative estimate of drug-likeness (QED) is 0.786. The molecule has 17 heavy (non-hydrogen) atoms. The van der Waals surface area contributed by atoms with Crippen molar-refractivity contribution in [2.75, 3.05) is 11.1 Å². The van der Waals surface area contributed by atoms with Crippen molar-refractivity contribution in [3.63, 3.8) is 0 Å². The third-order valence-electron chi connectivity index (χ3n) is 3.17. The van der Waals surface area contributed by atoms with Crippen LogP contribution in [0, 0.1) is 19.8 Å². The van der Waals surface area contributed by atoms with Gasteiger partial charge >= 0.3 is 0 Å². The summed E-state index contributed by atoms with van der Waals surface area (Å²) in [5.41, 5.74) is 9.52. The van der Waals surface area contributed by atoms with Crippen LogP contribution in [0.5, 0.6) is 0 Å². The Kier molecular flexibility index (Phi) is 4.55. The molecule has 1 unspecified atom stereocenters. The molecule has 3 nitrogen and oxygen atoms in total. The number of hydrogen-bond donors (Lipinski definition) is 2. The molecule has 0 aliphatic rings. The molecule has 0 aliphatic carbocycles. The summed E-state index contributed by atoms with van der Waals surface area (Å²) in [6.07, 6.45) is 1.55. The fourth-order valence-electron chi connectivity index (χ4n) is 1.61. The van der Waals surface area contributed by atoms with Crippen molar-refractivity contribution < 1.29 is 4.79 Å². The Labute approximate surface area is 103 Å². The summed E-state index contributed by atoms with van der Waals surface area (Å²) in [6.45, 7) is 8.18. The lowest BCUT2D eigenvalue weighted by molar-refractivity contribution is -0.117. The van der Waals surface area contributed by atoms with E-state index >= 15 is 0 Å². The fraction of sp³-hybridized carbons (Fsp3) is 0.500. The molecule has 0 radical (unpaired) electrons. The Hall–Kier alpha value is -1.51. The first kappa shape index (κ1) is 13.6. The summed E-state index contributed by atoms with van der Waals surface area (Å²) in [6, 6.07) is 3.83. The van der Waals surface area contributed by atoms with Crippen molar-refractivity contribution in [2.45, 2.75) is 40.5 Å². The zero-order chi connectivity index (χ0) is 13.0. The molecule has 0 aliphatic heterocycles. The molecule has 0 fully saturated rings.